The lowest BCUT2D eigenvalue weighted by atomic mass is 9.81. The average molecular weight is 901 g/mol. The molecular formula is C42H66FIN4O8. The minimum atomic E-state index is -1.35. The van der Waals surface area contributed by atoms with Crippen LogP contribution >= 0.6 is 22.6 Å². The normalized spacial score (nSPS) is 22.6. The van der Waals surface area contributed by atoms with Gasteiger partial charge in [0.15, 0.2) is 5.78 Å². The van der Waals surface area contributed by atoms with Gasteiger partial charge in [0.1, 0.15) is 11.9 Å². The monoisotopic (exact) mass is 900 g/mol. The summed E-state index contributed by atoms with van der Waals surface area (Å²) in [6, 6.07) is 3.11. The number of carbonyl (C=O) groups excluding carboxylic acids is 4. The van der Waals surface area contributed by atoms with Gasteiger partial charge in [0.05, 0.1) is 46.6 Å². The van der Waals surface area contributed by atoms with Crippen molar-refractivity contribution in [1.82, 2.24) is 20.9 Å². The number of likely N-dealkylation sites (N-methyl/N-ethyl adjacent to an activating group) is 1. The predicted octanol–water partition coefficient (Wildman–Crippen LogP) is 5.18. The molecule has 2 fully saturated rings. The number of amides is 3. The molecule has 1 aromatic carbocycles. The molecule has 3 rings (SSSR count). The highest BCUT2D eigenvalue weighted by Gasteiger charge is 2.57. The fourth-order valence-corrected chi connectivity index (χ4v) is 9.21. The van der Waals surface area contributed by atoms with E-state index in [1.807, 2.05) is 32.6 Å². The molecule has 1 saturated heterocycles. The minimum Gasteiger partial charge on any atom is -0.480 e. The number of hydrogen-bond acceptors (Lipinski definition) is 8. The molecule has 12 atom stereocenters. The Balaban J connectivity index is 1.72. The maximum Gasteiger partial charge on any atom is 0.326 e. The third-order valence-electron chi connectivity index (χ3n) is 12.1. The molecule has 3 amide bonds. The van der Waals surface area contributed by atoms with Crippen LogP contribution in [0.25, 0.3) is 0 Å². The van der Waals surface area contributed by atoms with E-state index in [1.165, 1.54) is 25.3 Å². The fraction of sp³-hybridized carbons (Fsp3) is 0.738. The first-order valence-electron chi connectivity index (χ1n) is 20.2. The first-order chi connectivity index (χ1) is 26.4. The number of aliphatic carboxylic acids is 1. The SMILES string of the molecule is CC[C@H](C)C(CCC(I)C(=O)C(NC(=O)[C@@H](NC)C(C)C)C(C)C)[C@@H](CC(=O)N1C2C[C@@H]2C[C@H]1[C@H](OC)[C@@H](C)C(=O)N[C@@H](Cc1ccccc1F)C(=O)O)OC. The summed E-state index contributed by atoms with van der Waals surface area (Å²) in [5, 5.41) is 18.5. The van der Waals surface area contributed by atoms with Crippen LogP contribution < -0.4 is 16.0 Å². The number of halogens is 2. The molecule has 1 heterocycles. The van der Waals surface area contributed by atoms with Crippen LogP contribution in [0.4, 0.5) is 4.39 Å². The fourth-order valence-electron chi connectivity index (χ4n) is 8.47. The van der Waals surface area contributed by atoms with E-state index < -0.39 is 60.0 Å². The van der Waals surface area contributed by atoms with Crippen molar-refractivity contribution in [3.05, 3.63) is 35.6 Å². The van der Waals surface area contributed by atoms with E-state index >= 15 is 0 Å². The molecule has 0 aromatic heterocycles. The van der Waals surface area contributed by atoms with E-state index in [1.54, 1.807) is 27.1 Å². The van der Waals surface area contributed by atoms with Crippen molar-refractivity contribution < 1.29 is 42.9 Å². The molecule has 0 radical (unpaired) electrons. The van der Waals surface area contributed by atoms with Crippen molar-refractivity contribution in [3.8, 4) is 0 Å². The summed E-state index contributed by atoms with van der Waals surface area (Å²) in [5.41, 5.74) is 0.181. The Kier molecular flexibility index (Phi) is 18.6. The Bertz CT molecular complexity index is 1500. The molecular weight excluding hydrogens is 834 g/mol. The second-order valence-corrected chi connectivity index (χ2v) is 18.1. The topological polar surface area (TPSA) is 163 Å². The Morgan fingerprint density at radius 3 is 2.11 bits per heavy atom. The molecule has 1 aliphatic carbocycles. The zero-order valence-electron chi connectivity index (χ0n) is 34.9. The van der Waals surface area contributed by atoms with Crippen LogP contribution in [0, 0.1) is 41.3 Å². The second kappa shape index (κ2) is 21.9. The number of ketones is 1. The van der Waals surface area contributed by atoms with E-state index in [2.05, 4.69) is 52.4 Å². The van der Waals surface area contributed by atoms with Gasteiger partial charge in [-0.25, -0.2) is 9.18 Å². The molecule has 2 aliphatic rings. The highest BCUT2D eigenvalue weighted by molar-refractivity contribution is 14.1. The number of Topliss-reactive ketones (excluding diaryl/α,β-unsaturated/α-hetero) is 1. The molecule has 14 heteroatoms. The van der Waals surface area contributed by atoms with Crippen LogP contribution in [0.15, 0.2) is 24.3 Å². The van der Waals surface area contributed by atoms with Gasteiger partial charge in [-0.1, -0.05) is 95.7 Å². The zero-order chi connectivity index (χ0) is 42.0. The van der Waals surface area contributed by atoms with Crippen molar-refractivity contribution in [2.45, 2.75) is 140 Å². The number of nitrogens with zero attached hydrogens (tertiary/aromatic N) is 1. The number of carboxylic acid groups (broad SMARTS) is 1. The van der Waals surface area contributed by atoms with Gasteiger partial charge in [-0.2, -0.15) is 0 Å². The number of methoxy groups -OCH3 is 2. The maximum atomic E-state index is 14.3. The summed E-state index contributed by atoms with van der Waals surface area (Å²) in [4.78, 5) is 68.7. The van der Waals surface area contributed by atoms with Gasteiger partial charge >= 0.3 is 5.97 Å². The molecule has 1 aliphatic heterocycles. The summed E-state index contributed by atoms with van der Waals surface area (Å²) in [5.74, 6) is -3.07. The summed E-state index contributed by atoms with van der Waals surface area (Å²) < 4.78 is 25.9. The number of hydrogen-bond donors (Lipinski definition) is 4. The molecule has 4 N–H and O–H groups in total. The van der Waals surface area contributed by atoms with Crippen molar-refractivity contribution in [2.24, 2.45) is 35.5 Å². The van der Waals surface area contributed by atoms with Gasteiger partial charge < -0.3 is 35.4 Å². The summed E-state index contributed by atoms with van der Waals surface area (Å²) in [6.45, 7) is 13.7. The molecule has 56 heavy (non-hydrogen) atoms. The number of fused-ring (bicyclic) bond motifs is 1. The summed E-state index contributed by atoms with van der Waals surface area (Å²) >= 11 is 2.19. The number of nitrogens with one attached hydrogen (secondary N) is 3. The minimum absolute atomic E-state index is 0.0224. The lowest BCUT2D eigenvalue weighted by Crippen LogP contribution is -2.54. The zero-order valence-corrected chi connectivity index (χ0v) is 37.0. The molecule has 0 spiro atoms. The largest absolute Gasteiger partial charge is 0.480 e. The number of benzene rings is 1. The molecule has 316 valence electrons. The van der Waals surface area contributed by atoms with E-state index in [4.69, 9.17) is 9.47 Å². The van der Waals surface area contributed by atoms with Crippen molar-refractivity contribution >= 4 is 52.1 Å². The van der Waals surface area contributed by atoms with E-state index in [0.29, 0.717) is 25.2 Å². The molecule has 12 nitrogen and oxygen atoms in total. The van der Waals surface area contributed by atoms with Crippen LogP contribution in [-0.2, 0) is 39.9 Å². The lowest BCUT2D eigenvalue weighted by Gasteiger charge is -2.38. The third kappa shape index (κ3) is 12.2. The molecule has 1 saturated carbocycles. The highest BCUT2D eigenvalue weighted by atomic mass is 127. The van der Waals surface area contributed by atoms with E-state index in [0.717, 1.165) is 12.8 Å². The van der Waals surface area contributed by atoms with Crippen LogP contribution in [-0.4, -0.2) is 107 Å². The smallest absolute Gasteiger partial charge is 0.326 e. The van der Waals surface area contributed by atoms with Gasteiger partial charge in [-0.15, -0.1) is 0 Å². The van der Waals surface area contributed by atoms with Crippen molar-refractivity contribution in [2.75, 3.05) is 21.3 Å². The van der Waals surface area contributed by atoms with Gasteiger partial charge in [0.2, 0.25) is 17.7 Å². The second-order valence-electron chi connectivity index (χ2n) is 16.6. The number of piperidine rings is 1. The van der Waals surface area contributed by atoms with Gasteiger partial charge in [-0.3, -0.25) is 19.2 Å². The molecule has 4 unspecified atom stereocenters. The standard InChI is InChI=1S/C42H66FIN4O8/c1-11-24(6)28(16-17-30(44)38(50)36(22(2)3)47-41(52)37(45-8)23(4)5)34(55-9)21-35(49)48-32-19-27(32)20-33(48)39(56-10)25(7)40(51)46-31(42(53)54)18-26-14-12-13-15-29(26)43/h12-15,22-25,27-28,30-34,36-37,39,45H,11,16-21H2,1-10H3,(H,46,51)(H,47,52)(H,53,54)/t24-,25+,27+,28?,30?,31-,32?,33-,34+,36?,37-,39+/m0/s1. The first kappa shape index (κ1) is 47.7. The summed E-state index contributed by atoms with van der Waals surface area (Å²) in [7, 11) is 4.85. The number of carboxylic acids is 1. The van der Waals surface area contributed by atoms with Crippen molar-refractivity contribution in [3.63, 3.8) is 0 Å². The summed E-state index contributed by atoms with van der Waals surface area (Å²) in [6.07, 6.45) is 2.37. The first-order valence-corrected chi connectivity index (χ1v) is 21.4. The predicted molar refractivity (Wildman–Crippen MR) is 222 cm³/mol. The van der Waals surface area contributed by atoms with Crippen LogP contribution in [0.2, 0.25) is 0 Å². The van der Waals surface area contributed by atoms with Crippen LogP contribution in [0.3, 0.4) is 0 Å². The van der Waals surface area contributed by atoms with E-state index in [-0.39, 0.29) is 69.6 Å². The van der Waals surface area contributed by atoms with Crippen LogP contribution in [0.5, 0.6) is 0 Å². The van der Waals surface area contributed by atoms with Gasteiger partial charge in [-0.05, 0) is 74.0 Å². The number of carbonyl (C=O) groups is 5. The quantitative estimate of drug-likeness (QED) is 0.0809. The Morgan fingerprint density at radius 1 is 0.929 bits per heavy atom. The van der Waals surface area contributed by atoms with Crippen LogP contribution in [0.1, 0.15) is 92.6 Å². The average Bonchev–Trinajstić information content (AvgIpc) is 3.81. The van der Waals surface area contributed by atoms with Gasteiger partial charge in [0.25, 0.3) is 0 Å². The molecule has 0 bridgehead atoms. The number of rotatable bonds is 24. The Morgan fingerprint density at radius 2 is 1.57 bits per heavy atom. The highest BCUT2D eigenvalue weighted by Crippen LogP contribution is 2.50. The Labute approximate surface area is 346 Å². The van der Waals surface area contributed by atoms with E-state index in [9.17, 15) is 33.5 Å². The Hall–Kier alpha value is -2.69. The number of ether oxygens (including phenoxy) is 2. The van der Waals surface area contributed by atoms with Crippen molar-refractivity contribution in [1.29, 1.82) is 0 Å². The van der Waals surface area contributed by atoms with Gasteiger partial charge in [0, 0.05) is 26.7 Å². The lowest BCUT2D eigenvalue weighted by molar-refractivity contribution is -0.146. The number of likely N-dealkylation sites (tertiary alicyclic amines) is 1. The third-order valence-corrected chi connectivity index (χ3v) is 13.3. The molecule has 1 aromatic rings. The number of alkyl halides is 1. The maximum absolute atomic E-state index is 14.3.